The van der Waals surface area contributed by atoms with Crippen LogP contribution in [0, 0.1) is 12.7 Å². The Balaban J connectivity index is 2.27. The van der Waals surface area contributed by atoms with Crippen LogP contribution in [0.3, 0.4) is 0 Å². The summed E-state index contributed by atoms with van der Waals surface area (Å²) >= 11 is 0. The topological polar surface area (TPSA) is 83.6 Å². The van der Waals surface area contributed by atoms with E-state index < -0.39 is 29.8 Å². The summed E-state index contributed by atoms with van der Waals surface area (Å²) in [5.41, 5.74) is 5.84. The number of rotatable bonds is 2. The highest BCUT2D eigenvalue weighted by atomic mass is 19.1. The molecule has 1 aromatic rings. The van der Waals surface area contributed by atoms with E-state index in [2.05, 4.69) is 0 Å². The average molecular weight is 266 g/mol. The smallest absolute Gasteiger partial charge is 0.254 e. The van der Waals surface area contributed by atoms with Crippen molar-refractivity contribution in [3.8, 4) is 0 Å². The highest BCUT2D eigenvalue weighted by Gasteiger charge is 2.38. The number of primary amides is 1. The number of nitrogens with zero attached hydrogens (tertiary/aromatic N) is 1. The summed E-state index contributed by atoms with van der Waals surface area (Å²) in [4.78, 5) is 24.8. The number of hydrogen-bond acceptors (Lipinski definition) is 3. The van der Waals surface area contributed by atoms with Crippen molar-refractivity contribution in [3.63, 3.8) is 0 Å². The first kappa shape index (κ1) is 13.5. The van der Waals surface area contributed by atoms with Crippen molar-refractivity contribution in [3.05, 3.63) is 35.1 Å². The molecule has 1 aliphatic heterocycles. The lowest BCUT2D eigenvalue weighted by Gasteiger charge is -2.22. The second-order valence-corrected chi connectivity index (χ2v) is 4.73. The van der Waals surface area contributed by atoms with Gasteiger partial charge in [-0.2, -0.15) is 0 Å². The molecule has 2 amide bonds. The van der Waals surface area contributed by atoms with Crippen LogP contribution in [0.1, 0.15) is 22.3 Å². The summed E-state index contributed by atoms with van der Waals surface area (Å²) in [5, 5.41) is 9.55. The van der Waals surface area contributed by atoms with Gasteiger partial charge in [-0.15, -0.1) is 0 Å². The first-order valence-corrected chi connectivity index (χ1v) is 5.94. The number of β-amino-alcohol motifs (C(OH)–C–C–N with tert-alkyl or cyclic N) is 1. The lowest BCUT2D eigenvalue weighted by atomic mass is 10.1. The van der Waals surface area contributed by atoms with Crippen molar-refractivity contribution in [2.24, 2.45) is 5.73 Å². The van der Waals surface area contributed by atoms with Crippen LogP contribution in [0.25, 0.3) is 0 Å². The summed E-state index contributed by atoms with van der Waals surface area (Å²) in [5.74, 6) is -1.48. The number of aliphatic hydroxyl groups is 1. The van der Waals surface area contributed by atoms with E-state index in [1.807, 2.05) is 0 Å². The molecule has 0 bridgehead atoms. The first-order chi connectivity index (χ1) is 8.90. The third kappa shape index (κ3) is 2.58. The number of amides is 2. The number of likely N-dealkylation sites (tertiary alicyclic amines) is 1. The van der Waals surface area contributed by atoms with Crippen LogP contribution in [0.15, 0.2) is 18.2 Å². The minimum absolute atomic E-state index is 0.0584. The Kier molecular flexibility index (Phi) is 3.53. The summed E-state index contributed by atoms with van der Waals surface area (Å²) in [7, 11) is 0. The van der Waals surface area contributed by atoms with Gasteiger partial charge in [0.1, 0.15) is 11.9 Å². The Bertz CT molecular complexity index is 533. The van der Waals surface area contributed by atoms with Gasteiger partial charge in [-0.1, -0.05) is 0 Å². The fourth-order valence-corrected chi connectivity index (χ4v) is 2.25. The Labute approximate surface area is 109 Å². The molecule has 102 valence electrons. The van der Waals surface area contributed by atoms with Crippen LogP contribution >= 0.6 is 0 Å². The zero-order chi connectivity index (χ0) is 14.2. The number of benzene rings is 1. The molecule has 0 aromatic heterocycles. The number of hydrogen-bond donors (Lipinski definition) is 2. The van der Waals surface area contributed by atoms with E-state index >= 15 is 0 Å². The molecular formula is C13H15FN2O3. The third-order valence-corrected chi connectivity index (χ3v) is 3.27. The minimum atomic E-state index is -0.812. The zero-order valence-electron chi connectivity index (χ0n) is 10.5. The van der Waals surface area contributed by atoms with Crippen LogP contribution in [0.5, 0.6) is 0 Å². The van der Waals surface area contributed by atoms with Crippen molar-refractivity contribution < 1.29 is 19.1 Å². The molecule has 2 atom stereocenters. The van der Waals surface area contributed by atoms with Crippen molar-refractivity contribution in [1.29, 1.82) is 0 Å². The van der Waals surface area contributed by atoms with Gasteiger partial charge in [0, 0.05) is 18.5 Å². The lowest BCUT2D eigenvalue weighted by molar-refractivity contribution is -0.121. The van der Waals surface area contributed by atoms with Crippen molar-refractivity contribution in [2.45, 2.75) is 25.5 Å². The molecule has 1 aromatic carbocycles. The van der Waals surface area contributed by atoms with E-state index in [1.165, 1.54) is 23.1 Å². The van der Waals surface area contributed by atoms with E-state index in [0.717, 1.165) is 0 Å². The normalized spacial score (nSPS) is 22.6. The van der Waals surface area contributed by atoms with Crippen molar-refractivity contribution >= 4 is 11.8 Å². The molecule has 0 radical (unpaired) electrons. The Morgan fingerprint density at radius 1 is 1.47 bits per heavy atom. The summed E-state index contributed by atoms with van der Waals surface area (Å²) in [6.45, 7) is 1.61. The highest BCUT2D eigenvalue weighted by molar-refractivity contribution is 5.97. The standard InChI is InChI=1S/C13H15FN2O3/c1-7-4-8(2-3-10(7)14)13(19)16-6-9(17)5-11(16)12(15)18/h2-4,9,11,17H,5-6H2,1H3,(H2,15,18). The maximum Gasteiger partial charge on any atom is 0.254 e. The van der Waals surface area contributed by atoms with Gasteiger partial charge in [0.25, 0.3) is 5.91 Å². The van der Waals surface area contributed by atoms with Crippen LogP contribution in [-0.4, -0.2) is 40.5 Å². The number of carbonyl (C=O) groups is 2. The van der Waals surface area contributed by atoms with Gasteiger partial charge in [0.15, 0.2) is 0 Å². The fraction of sp³-hybridized carbons (Fsp3) is 0.385. The first-order valence-electron chi connectivity index (χ1n) is 5.94. The van der Waals surface area contributed by atoms with Gasteiger partial charge in [-0.25, -0.2) is 4.39 Å². The van der Waals surface area contributed by atoms with Gasteiger partial charge < -0.3 is 15.7 Å². The van der Waals surface area contributed by atoms with Gasteiger partial charge in [0.05, 0.1) is 6.10 Å². The van der Waals surface area contributed by atoms with E-state index in [9.17, 15) is 19.1 Å². The van der Waals surface area contributed by atoms with Crippen LogP contribution in [0.4, 0.5) is 4.39 Å². The number of aliphatic hydroxyl groups excluding tert-OH is 1. The molecule has 1 heterocycles. The van der Waals surface area contributed by atoms with Crippen molar-refractivity contribution in [2.75, 3.05) is 6.54 Å². The summed E-state index contributed by atoms with van der Waals surface area (Å²) in [6.07, 6.45) is -0.621. The van der Waals surface area contributed by atoms with Gasteiger partial charge in [-0.05, 0) is 30.7 Å². The Morgan fingerprint density at radius 3 is 2.74 bits per heavy atom. The molecule has 1 fully saturated rings. The van der Waals surface area contributed by atoms with E-state index in [4.69, 9.17) is 5.73 Å². The molecule has 19 heavy (non-hydrogen) atoms. The van der Waals surface area contributed by atoms with E-state index in [0.29, 0.717) is 5.56 Å². The quantitative estimate of drug-likeness (QED) is 0.801. The molecule has 2 unspecified atom stereocenters. The molecule has 0 aliphatic carbocycles. The number of halogens is 1. The average Bonchev–Trinajstić information content (AvgIpc) is 2.74. The fourth-order valence-electron chi connectivity index (χ4n) is 2.25. The van der Waals surface area contributed by atoms with Crippen LogP contribution in [0.2, 0.25) is 0 Å². The Morgan fingerprint density at radius 2 is 2.16 bits per heavy atom. The minimum Gasteiger partial charge on any atom is -0.391 e. The SMILES string of the molecule is Cc1cc(C(=O)N2CC(O)CC2C(N)=O)ccc1F. The molecule has 1 saturated heterocycles. The molecule has 3 N–H and O–H groups in total. The van der Waals surface area contributed by atoms with Gasteiger partial charge in [0.2, 0.25) is 5.91 Å². The molecule has 6 heteroatoms. The summed E-state index contributed by atoms with van der Waals surface area (Å²) < 4.78 is 13.2. The number of carbonyl (C=O) groups excluding carboxylic acids is 2. The second kappa shape index (κ2) is 4.97. The maximum atomic E-state index is 13.2. The number of aryl methyl sites for hydroxylation is 1. The third-order valence-electron chi connectivity index (χ3n) is 3.27. The molecule has 2 rings (SSSR count). The van der Waals surface area contributed by atoms with E-state index in [1.54, 1.807) is 6.92 Å². The predicted octanol–water partition coefficient (Wildman–Crippen LogP) is 0.195. The predicted molar refractivity (Wildman–Crippen MR) is 65.8 cm³/mol. The largest absolute Gasteiger partial charge is 0.391 e. The highest BCUT2D eigenvalue weighted by Crippen LogP contribution is 2.21. The maximum absolute atomic E-state index is 13.2. The van der Waals surface area contributed by atoms with Crippen LogP contribution < -0.4 is 5.73 Å². The zero-order valence-corrected chi connectivity index (χ0v) is 10.5. The molecule has 0 spiro atoms. The summed E-state index contributed by atoms with van der Waals surface area (Å²) in [6, 6.07) is 3.16. The second-order valence-electron chi connectivity index (χ2n) is 4.73. The molecule has 5 nitrogen and oxygen atoms in total. The Hall–Kier alpha value is -1.95. The molecular weight excluding hydrogens is 251 g/mol. The van der Waals surface area contributed by atoms with Crippen molar-refractivity contribution in [1.82, 2.24) is 4.90 Å². The van der Waals surface area contributed by atoms with Gasteiger partial charge in [-0.3, -0.25) is 9.59 Å². The monoisotopic (exact) mass is 266 g/mol. The molecule has 1 aliphatic rings. The van der Waals surface area contributed by atoms with Crippen LogP contribution in [-0.2, 0) is 4.79 Å². The van der Waals surface area contributed by atoms with E-state index in [-0.39, 0.29) is 18.5 Å². The lowest BCUT2D eigenvalue weighted by Crippen LogP contribution is -2.43. The number of nitrogens with two attached hydrogens (primary N) is 1. The molecule has 0 saturated carbocycles. The van der Waals surface area contributed by atoms with Gasteiger partial charge >= 0.3 is 0 Å².